The molecule has 0 aliphatic rings. The Balaban J connectivity index is 2.44. The van der Waals surface area contributed by atoms with E-state index in [0.717, 1.165) is 0 Å². The Morgan fingerprint density at radius 1 is 1.15 bits per heavy atom. The zero-order valence-corrected chi connectivity index (χ0v) is 15.6. The number of hydrogen-bond donors (Lipinski definition) is 6. The molecule has 144 valence electrons. The first-order chi connectivity index (χ1) is 12.1. The molecule has 0 bridgehead atoms. The highest BCUT2D eigenvalue weighted by atomic mass is 35.5. The quantitative estimate of drug-likeness (QED) is 0.259. The van der Waals surface area contributed by atoms with Crippen molar-refractivity contribution in [3.63, 3.8) is 0 Å². The second kappa shape index (κ2) is 10.6. The maximum Gasteiger partial charge on any atom is 0.451 e. The number of anilines is 1. The van der Waals surface area contributed by atoms with Crippen LogP contribution in [-0.2, 0) is 4.79 Å². The highest BCUT2D eigenvalue weighted by Crippen LogP contribution is 2.25. The average molecular weight is 406 g/mol. The van der Waals surface area contributed by atoms with Gasteiger partial charge in [0.2, 0.25) is 0 Å². The molecule has 0 spiro atoms. The van der Waals surface area contributed by atoms with Gasteiger partial charge in [-0.1, -0.05) is 36.0 Å². The molecule has 0 radical (unpaired) electrons. The number of halogens is 2. The molecule has 0 fully saturated rings. The topological polar surface area (TPSA) is 145 Å². The first-order valence-electron chi connectivity index (χ1n) is 8.02. The molecule has 1 aromatic carbocycles. The van der Waals surface area contributed by atoms with Crippen LogP contribution in [0.5, 0.6) is 0 Å². The molecule has 0 aliphatic carbocycles. The van der Waals surface area contributed by atoms with Crippen molar-refractivity contribution in [1.29, 1.82) is 0 Å². The number of nitrogens with one attached hydrogen (secondary N) is 2. The van der Waals surface area contributed by atoms with Crippen LogP contribution in [0.25, 0.3) is 0 Å². The van der Waals surface area contributed by atoms with Crippen LogP contribution in [0.15, 0.2) is 18.2 Å². The minimum Gasteiger partial charge on any atom is -0.480 e. The third-order valence-corrected chi connectivity index (χ3v) is 4.53. The Bertz CT molecular complexity index is 635. The van der Waals surface area contributed by atoms with E-state index in [1.807, 2.05) is 0 Å². The Morgan fingerprint density at radius 3 is 2.42 bits per heavy atom. The molecular weight excluding hydrogens is 384 g/mol. The fourth-order valence-electron chi connectivity index (χ4n) is 2.25. The van der Waals surface area contributed by atoms with Crippen molar-refractivity contribution in [2.75, 3.05) is 11.9 Å². The predicted molar refractivity (Wildman–Crippen MR) is 102 cm³/mol. The largest absolute Gasteiger partial charge is 0.480 e. The van der Waals surface area contributed by atoms with Crippen molar-refractivity contribution >= 4 is 48.0 Å². The van der Waals surface area contributed by atoms with Crippen LogP contribution in [0.4, 0.5) is 10.5 Å². The fourth-order valence-corrected chi connectivity index (χ4v) is 2.55. The van der Waals surface area contributed by atoms with Gasteiger partial charge in [0.1, 0.15) is 5.54 Å². The lowest BCUT2D eigenvalue weighted by Crippen LogP contribution is -2.50. The van der Waals surface area contributed by atoms with Crippen molar-refractivity contribution in [3.8, 4) is 0 Å². The number of amides is 2. The first kappa shape index (κ1) is 22.5. The van der Waals surface area contributed by atoms with E-state index in [4.69, 9.17) is 39.0 Å². The van der Waals surface area contributed by atoms with Crippen molar-refractivity contribution in [2.24, 2.45) is 5.73 Å². The van der Waals surface area contributed by atoms with Gasteiger partial charge in [-0.3, -0.25) is 4.79 Å². The van der Waals surface area contributed by atoms with Crippen LogP contribution in [0, 0.1) is 0 Å². The number of hydrogen-bond acceptors (Lipinski definition) is 5. The molecule has 0 heterocycles. The minimum atomic E-state index is -1.50. The predicted octanol–water partition coefficient (Wildman–Crippen LogP) is 1.93. The van der Waals surface area contributed by atoms with Gasteiger partial charge in [-0.2, -0.15) is 0 Å². The van der Waals surface area contributed by atoms with Crippen LogP contribution in [0.2, 0.25) is 16.4 Å². The maximum absolute atomic E-state index is 11.9. The van der Waals surface area contributed by atoms with Crippen LogP contribution >= 0.6 is 23.2 Å². The summed E-state index contributed by atoms with van der Waals surface area (Å²) in [4.78, 5) is 23.3. The van der Waals surface area contributed by atoms with Gasteiger partial charge in [0.25, 0.3) is 0 Å². The molecular formula is C15H22BCl2N3O5. The molecule has 7 N–H and O–H groups in total. The van der Waals surface area contributed by atoms with Crippen LogP contribution in [-0.4, -0.2) is 46.4 Å². The lowest BCUT2D eigenvalue weighted by atomic mass is 9.81. The van der Waals surface area contributed by atoms with Gasteiger partial charge >= 0.3 is 19.1 Å². The molecule has 1 atom stereocenters. The Labute approximate surface area is 161 Å². The summed E-state index contributed by atoms with van der Waals surface area (Å²) >= 11 is 11.7. The highest BCUT2D eigenvalue weighted by molar-refractivity contribution is 6.42. The monoisotopic (exact) mass is 405 g/mol. The zero-order valence-electron chi connectivity index (χ0n) is 14.0. The first-order valence-corrected chi connectivity index (χ1v) is 8.78. The molecule has 8 nitrogen and oxygen atoms in total. The Hall–Kier alpha value is -1.52. The van der Waals surface area contributed by atoms with E-state index in [1.54, 1.807) is 6.07 Å². The number of urea groups is 1. The van der Waals surface area contributed by atoms with E-state index in [-0.39, 0.29) is 25.7 Å². The van der Waals surface area contributed by atoms with Gasteiger partial charge in [-0.15, -0.1) is 0 Å². The minimum absolute atomic E-state index is 0.0266. The van der Waals surface area contributed by atoms with Gasteiger partial charge in [0.05, 0.1) is 10.0 Å². The molecule has 0 aromatic heterocycles. The number of aliphatic carboxylic acids is 1. The summed E-state index contributed by atoms with van der Waals surface area (Å²) in [5.74, 6) is -1.17. The van der Waals surface area contributed by atoms with E-state index in [9.17, 15) is 14.7 Å². The van der Waals surface area contributed by atoms with Crippen LogP contribution in [0.1, 0.15) is 25.7 Å². The van der Waals surface area contributed by atoms with Crippen molar-refractivity contribution in [1.82, 2.24) is 5.32 Å². The summed E-state index contributed by atoms with van der Waals surface area (Å²) in [6.07, 6.45) is 1.20. The number of carbonyl (C=O) groups is 2. The molecule has 1 aromatic rings. The second-order valence-corrected chi connectivity index (χ2v) is 6.76. The Morgan fingerprint density at radius 2 is 1.85 bits per heavy atom. The smallest absolute Gasteiger partial charge is 0.451 e. The van der Waals surface area contributed by atoms with E-state index in [1.165, 1.54) is 12.1 Å². The number of benzene rings is 1. The van der Waals surface area contributed by atoms with E-state index >= 15 is 0 Å². The maximum atomic E-state index is 11.9. The summed E-state index contributed by atoms with van der Waals surface area (Å²) in [5.41, 5.74) is 4.84. The third kappa shape index (κ3) is 7.80. The van der Waals surface area contributed by atoms with Crippen molar-refractivity contribution in [3.05, 3.63) is 28.2 Å². The summed E-state index contributed by atoms with van der Waals surface area (Å²) in [6.45, 7) is 0.0541. The second-order valence-electron chi connectivity index (χ2n) is 5.95. The normalized spacial score (nSPS) is 13.0. The summed E-state index contributed by atoms with van der Waals surface area (Å²) < 4.78 is 0. The van der Waals surface area contributed by atoms with E-state index in [0.29, 0.717) is 28.6 Å². The molecule has 26 heavy (non-hydrogen) atoms. The number of rotatable bonds is 10. The van der Waals surface area contributed by atoms with Gasteiger partial charge in [0.15, 0.2) is 0 Å². The molecule has 11 heteroatoms. The standard InChI is InChI=1S/C15H22BCl2N3O5/c17-11-4-3-10(9-12(11)18)21-14(24)20-8-6-15(19,13(22)23)5-1-2-7-16(25)26/h3-4,9,25-26H,1-2,5-8,19H2,(H,22,23)(H2,20,21,24). The van der Waals surface area contributed by atoms with Crippen LogP contribution in [0.3, 0.4) is 0 Å². The van der Waals surface area contributed by atoms with Crippen molar-refractivity contribution in [2.45, 2.75) is 37.5 Å². The number of carboxylic acid groups (broad SMARTS) is 1. The number of carboxylic acids is 1. The fraction of sp³-hybridized carbons (Fsp3) is 0.467. The van der Waals surface area contributed by atoms with Gasteiger partial charge in [-0.05, 0) is 37.4 Å². The zero-order chi connectivity index (χ0) is 19.7. The molecule has 0 aliphatic heterocycles. The molecule has 2 amide bonds. The highest BCUT2D eigenvalue weighted by Gasteiger charge is 2.33. The molecule has 0 saturated carbocycles. The number of unbranched alkanes of at least 4 members (excludes halogenated alkanes) is 1. The van der Waals surface area contributed by atoms with Gasteiger partial charge in [0, 0.05) is 12.2 Å². The van der Waals surface area contributed by atoms with Crippen molar-refractivity contribution < 1.29 is 24.7 Å². The Kier molecular flexibility index (Phi) is 9.17. The van der Waals surface area contributed by atoms with E-state index < -0.39 is 24.7 Å². The lowest BCUT2D eigenvalue weighted by molar-refractivity contribution is -0.143. The molecule has 1 rings (SSSR count). The van der Waals surface area contributed by atoms with E-state index in [2.05, 4.69) is 10.6 Å². The lowest BCUT2D eigenvalue weighted by Gasteiger charge is -2.25. The molecule has 0 saturated heterocycles. The van der Waals surface area contributed by atoms with Gasteiger partial charge < -0.3 is 31.5 Å². The third-order valence-electron chi connectivity index (χ3n) is 3.80. The average Bonchev–Trinajstić information content (AvgIpc) is 2.54. The number of nitrogens with two attached hydrogens (primary N) is 1. The van der Waals surface area contributed by atoms with Crippen LogP contribution < -0.4 is 16.4 Å². The molecule has 1 unspecified atom stereocenters. The number of carbonyl (C=O) groups excluding carboxylic acids is 1. The summed E-state index contributed by atoms with van der Waals surface area (Å²) in [5, 5.41) is 32.6. The summed E-state index contributed by atoms with van der Waals surface area (Å²) in [7, 11) is -1.42. The SMILES string of the molecule is NC(CCCCB(O)O)(CCNC(=O)Nc1ccc(Cl)c(Cl)c1)C(=O)O. The summed E-state index contributed by atoms with van der Waals surface area (Å²) in [6, 6.07) is 4.08. The van der Waals surface area contributed by atoms with Gasteiger partial charge in [-0.25, -0.2) is 4.79 Å².